The van der Waals surface area contributed by atoms with Crippen LogP contribution < -0.4 is 40.2 Å². The molecular weight excluding hydrogens is 710 g/mol. The van der Waals surface area contributed by atoms with Crippen LogP contribution in [0.2, 0.25) is 0 Å². The van der Waals surface area contributed by atoms with Crippen LogP contribution in [0.3, 0.4) is 0 Å². The Balaban J connectivity index is 1.88. The minimum absolute atomic E-state index is 0.675. The molecule has 0 atom stereocenters. The molecule has 0 heterocycles. The van der Waals surface area contributed by atoms with Gasteiger partial charge in [-0.05, 0) is 141 Å². The maximum Gasteiger partial charge on any atom is 0.213 e. The van der Waals surface area contributed by atoms with Gasteiger partial charge < -0.3 is 28.4 Å². The van der Waals surface area contributed by atoms with Gasteiger partial charge in [-0.1, -0.05) is 78.4 Å². The number of benzene rings is 5. The lowest BCUT2D eigenvalue weighted by Gasteiger charge is -2.53. The molecule has 0 saturated heterocycles. The lowest BCUT2D eigenvalue weighted by molar-refractivity contribution is -0.150. The third-order valence-electron chi connectivity index (χ3n) is 10.4. The van der Waals surface area contributed by atoms with Crippen LogP contribution >= 0.6 is 15.8 Å². The van der Waals surface area contributed by atoms with Crippen molar-refractivity contribution in [3.8, 4) is 23.0 Å². The normalized spacial score (nSPS) is 14.9. The summed E-state index contributed by atoms with van der Waals surface area (Å²) in [5, 5.41) is 4.80. The lowest BCUT2D eigenvalue weighted by atomic mass is 9.82. The van der Waals surface area contributed by atoms with Crippen LogP contribution in [-0.2, 0) is 9.47 Å². The van der Waals surface area contributed by atoms with Crippen LogP contribution in [0.25, 0.3) is 5.57 Å². The van der Waals surface area contributed by atoms with Gasteiger partial charge in [0.05, 0.1) is 33.3 Å². The summed E-state index contributed by atoms with van der Waals surface area (Å²) in [5.41, 5.74) is 6.73. The first kappa shape index (κ1) is 39.3. The quantitative estimate of drug-likeness (QED) is 0.0679. The lowest BCUT2D eigenvalue weighted by Crippen LogP contribution is -2.48. The fraction of sp³-hybridized carbons (Fsp3) is 0.261. The van der Waals surface area contributed by atoms with E-state index in [0.29, 0.717) is 0 Å². The van der Waals surface area contributed by atoms with Gasteiger partial charge in [0, 0.05) is 14.2 Å². The van der Waals surface area contributed by atoms with Crippen molar-refractivity contribution in [2.24, 2.45) is 0 Å². The predicted molar refractivity (Wildman–Crippen MR) is 226 cm³/mol. The molecule has 1 aliphatic rings. The molecule has 1 aliphatic carbocycles. The Morgan fingerprint density at radius 1 is 0.444 bits per heavy atom. The van der Waals surface area contributed by atoms with E-state index >= 15 is 0 Å². The second kappa shape index (κ2) is 16.5. The number of allylic oxidation sites excluding steroid dienone is 2. The van der Waals surface area contributed by atoms with E-state index in [-0.39, 0.29) is 0 Å². The van der Waals surface area contributed by atoms with Crippen LogP contribution in [0.15, 0.2) is 132 Å². The van der Waals surface area contributed by atoms with Crippen molar-refractivity contribution in [3.63, 3.8) is 0 Å². The van der Waals surface area contributed by atoms with Crippen molar-refractivity contribution in [3.05, 3.63) is 149 Å². The van der Waals surface area contributed by atoms with Gasteiger partial charge in [-0.25, -0.2) is 0 Å². The molecule has 0 radical (unpaired) electrons. The summed E-state index contributed by atoms with van der Waals surface area (Å²) >= 11 is 0. The molecule has 6 rings (SSSR count). The van der Waals surface area contributed by atoms with Crippen molar-refractivity contribution in [2.45, 2.75) is 38.4 Å². The van der Waals surface area contributed by atoms with Gasteiger partial charge in [0.1, 0.15) is 23.0 Å². The number of rotatable bonds is 13. The maximum atomic E-state index is 6.46. The van der Waals surface area contributed by atoms with Gasteiger partial charge >= 0.3 is 0 Å². The Morgan fingerprint density at radius 2 is 0.796 bits per heavy atom. The van der Waals surface area contributed by atoms with E-state index in [9.17, 15) is 0 Å². The fourth-order valence-corrected chi connectivity index (χ4v) is 15.7. The maximum absolute atomic E-state index is 6.46. The van der Waals surface area contributed by atoms with Crippen LogP contribution in [0.4, 0.5) is 0 Å². The van der Waals surface area contributed by atoms with Crippen LogP contribution in [-0.4, -0.2) is 53.3 Å². The highest BCUT2D eigenvalue weighted by Gasteiger charge is 2.56. The Labute approximate surface area is 323 Å². The number of hydrogen-bond acceptors (Lipinski definition) is 6. The molecule has 54 heavy (non-hydrogen) atoms. The van der Waals surface area contributed by atoms with E-state index in [1.54, 1.807) is 42.7 Å². The van der Waals surface area contributed by atoms with Gasteiger partial charge in [-0.2, -0.15) is 0 Å². The summed E-state index contributed by atoms with van der Waals surface area (Å²) in [7, 11) is 7.77. The summed E-state index contributed by atoms with van der Waals surface area (Å²) < 4.78 is 35.8. The van der Waals surface area contributed by atoms with Crippen molar-refractivity contribution in [1.29, 1.82) is 0 Å². The second-order valence-corrected chi connectivity index (χ2v) is 18.5. The standard InChI is InChI=1S/C46H50O6P2/c1-31-11-28-43(32(2)29-31)44-34(4)46(51-9,52-10)33(3)30-45(44,53(39-20-12-35(47-5)13-21-39)40-22-14-36(48-6)15-23-40)54(41-24-16-37(49-7)17-25-41)42-26-18-38(50-8)19-27-42/h11-30H,1-10H3. The molecular formula is C46H50O6P2. The second-order valence-electron chi connectivity index (χ2n) is 13.4. The highest BCUT2D eigenvalue weighted by Crippen LogP contribution is 2.74. The highest BCUT2D eigenvalue weighted by molar-refractivity contribution is 7.92. The molecule has 8 heteroatoms. The molecule has 280 valence electrons. The number of methoxy groups -OCH3 is 6. The largest absolute Gasteiger partial charge is 0.497 e. The van der Waals surface area contributed by atoms with Crippen molar-refractivity contribution < 1.29 is 28.4 Å². The van der Waals surface area contributed by atoms with Crippen molar-refractivity contribution in [2.75, 3.05) is 42.7 Å². The van der Waals surface area contributed by atoms with Gasteiger partial charge in [0.15, 0.2) is 0 Å². The van der Waals surface area contributed by atoms with Gasteiger partial charge in [-0.3, -0.25) is 0 Å². The van der Waals surface area contributed by atoms with E-state index < -0.39 is 26.5 Å². The van der Waals surface area contributed by atoms with Crippen LogP contribution in [0.5, 0.6) is 23.0 Å². The summed E-state index contributed by atoms with van der Waals surface area (Å²) in [6.45, 7) is 8.70. The summed E-state index contributed by atoms with van der Waals surface area (Å²) in [4.78, 5) is -0.675. The van der Waals surface area contributed by atoms with E-state index in [4.69, 9.17) is 28.4 Å². The monoisotopic (exact) mass is 760 g/mol. The number of aryl methyl sites for hydroxylation is 2. The topological polar surface area (TPSA) is 55.4 Å². The SMILES string of the molecule is COc1ccc(P(c2ccc(OC)cc2)C2(P(c3ccc(OC)cc3)c3ccc(OC)cc3)C=C(C)C(OC)(OC)C(C)=C2c2ccc(C)cc2C)cc1. The van der Waals surface area contributed by atoms with E-state index in [0.717, 1.165) is 39.7 Å². The summed E-state index contributed by atoms with van der Waals surface area (Å²) in [6, 6.07) is 41.3. The molecule has 0 spiro atoms. The van der Waals surface area contributed by atoms with Crippen molar-refractivity contribution in [1.82, 2.24) is 0 Å². The zero-order chi connectivity index (χ0) is 38.6. The molecule has 0 saturated carbocycles. The first-order valence-electron chi connectivity index (χ1n) is 17.9. The number of hydrogen-bond donors (Lipinski definition) is 0. The molecule has 0 N–H and O–H groups in total. The third kappa shape index (κ3) is 6.98. The molecule has 0 aromatic heterocycles. The Morgan fingerprint density at radius 3 is 1.09 bits per heavy atom. The van der Waals surface area contributed by atoms with Gasteiger partial charge in [-0.15, -0.1) is 0 Å². The molecule has 0 unspecified atom stereocenters. The molecule has 0 amide bonds. The molecule has 0 bridgehead atoms. The number of ether oxygens (including phenoxy) is 6. The van der Waals surface area contributed by atoms with Crippen molar-refractivity contribution >= 4 is 42.6 Å². The first-order valence-corrected chi connectivity index (χ1v) is 20.6. The smallest absolute Gasteiger partial charge is 0.213 e. The van der Waals surface area contributed by atoms with Gasteiger partial charge in [0.2, 0.25) is 5.79 Å². The molecule has 5 aromatic rings. The van der Waals surface area contributed by atoms with Gasteiger partial charge in [0.25, 0.3) is 0 Å². The van der Waals surface area contributed by atoms with E-state index in [1.165, 1.54) is 37.9 Å². The van der Waals surface area contributed by atoms with Crippen LogP contribution in [0.1, 0.15) is 30.5 Å². The van der Waals surface area contributed by atoms with E-state index in [2.05, 4.69) is 149 Å². The van der Waals surface area contributed by atoms with E-state index in [1.807, 2.05) is 0 Å². The zero-order valence-corrected chi connectivity index (χ0v) is 34.7. The molecule has 6 nitrogen and oxygen atoms in total. The zero-order valence-electron chi connectivity index (χ0n) is 32.9. The first-order chi connectivity index (χ1) is 26.1. The Bertz CT molecular complexity index is 1920. The summed E-state index contributed by atoms with van der Waals surface area (Å²) in [5.74, 6) is 2.13. The summed E-state index contributed by atoms with van der Waals surface area (Å²) in [6.07, 6.45) is 2.49. The molecule has 0 fully saturated rings. The van der Waals surface area contributed by atoms with Crippen LogP contribution in [0, 0.1) is 13.8 Å². The molecule has 0 aliphatic heterocycles. The average molecular weight is 761 g/mol. The minimum atomic E-state index is -1.28. The predicted octanol–water partition coefficient (Wildman–Crippen LogP) is 9.02. The Hall–Kier alpha value is -4.44. The third-order valence-corrected chi connectivity index (χ3v) is 16.9. The minimum Gasteiger partial charge on any atom is -0.497 e. The highest BCUT2D eigenvalue weighted by atomic mass is 31.2. The Kier molecular flexibility index (Phi) is 12.0. The molecule has 5 aromatic carbocycles. The average Bonchev–Trinajstić information content (AvgIpc) is 3.20. The fourth-order valence-electron chi connectivity index (χ4n) is 7.87.